The van der Waals surface area contributed by atoms with Gasteiger partial charge in [-0.25, -0.2) is 0 Å². The lowest BCUT2D eigenvalue weighted by molar-refractivity contribution is 0.391. The first-order chi connectivity index (χ1) is 10.1. The first-order valence-electron chi connectivity index (χ1n) is 7.27. The predicted molar refractivity (Wildman–Crippen MR) is 89.5 cm³/mol. The molecule has 1 aliphatic rings. The summed E-state index contributed by atoms with van der Waals surface area (Å²) in [5.74, 6) is 3.44. The summed E-state index contributed by atoms with van der Waals surface area (Å²) in [7, 11) is 3.33. The summed E-state index contributed by atoms with van der Waals surface area (Å²) in [6, 6.07) is 6.39. The molecule has 116 valence electrons. The van der Waals surface area contributed by atoms with Crippen molar-refractivity contribution in [1.29, 1.82) is 0 Å². The van der Waals surface area contributed by atoms with E-state index < -0.39 is 0 Å². The molecule has 4 nitrogen and oxygen atoms in total. The Morgan fingerprint density at radius 1 is 1.33 bits per heavy atom. The first kappa shape index (κ1) is 16.0. The van der Waals surface area contributed by atoms with Crippen molar-refractivity contribution in [3.8, 4) is 11.5 Å². The highest BCUT2D eigenvalue weighted by molar-refractivity contribution is 8.14. The van der Waals surface area contributed by atoms with Crippen molar-refractivity contribution < 1.29 is 9.47 Å². The Bertz CT molecular complexity index is 503. The normalized spacial score (nSPS) is 19.9. The molecule has 0 aromatic heterocycles. The Hall–Kier alpha value is -1.36. The van der Waals surface area contributed by atoms with E-state index in [1.807, 2.05) is 18.2 Å². The molecule has 0 spiro atoms. The molecular weight excluding hydrogens is 284 g/mol. The summed E-state index contributed by atoms with van der Waals surface area (Å²) < 4.78 is 10.6. The molecule has 1 unspecified atom stereocenters. The summed E-state index contributed by atoms with van der Waals surface area (Å²) >= 11 is 1.81. The van der Waals surface area contributed by atoms with E-state index in [-0.39, 0.29) is 0 Å². The molecule has 5 heteroatoms. The number of nitrogens with one attached hydrogen (secondary N) is 1. The van der Waals surface area contributed by atoms with Gasteiger partial charge in [-0.1, -0.05) is 25.6 Å². The van der Waals surface area contributed by atoms with Gasteiger partial charge < -0.3 is 14.8 Å². The van der Waals surface area contributed by atoms with E-state index in [2.05, 4.69) is 24.2 Å². The fourth-order valence-corrected chi connectivity index (χ4v) is 3.35. The van der Waals surface area contributed by atoms with Gasteiger partial charge in [-0.05, 0) is 24.5 Å². The zero-order valence-electron chi connectivity index (χ0n) is 13.2. The van der Waals surface area contributed by atoms with Crippen molar-refractivity contribution in [2.75, 3.05) is 20.0 Å². The number of benzene rings is 1. The lowest BCUT2D eigenvalue weighted by Crippen LogP contribution is -2.28. The molecule has 1 N–H and O–H groups in total. The van der Waals surface area contributed by atoms with Gasteiger partial charge in [-0.3, -0.25) is 4.99 Å². The Balaban J connectivity index is 1.98. The van der Waals surface area contributed by atoms with Gasteiger partial charge >= 0.3 is 0 Å². The van der Waals surface area contributed by atoms with Crippen molar-refractivity contribution in [2.24, 2.45) is 10.9 Å². The second-order valence-electron chi connectivity index (χ2n) is 5.58. The average molecular weight is 308 g/mol. The van der Waals surface area contributed by atoms with Crippen LogP contribution in [0.25, 0.3) is 0 Å². The third-order valence-corrected chi connectivity index (χ3v) is 4.48. The zero-order chi connectivity index (χ0) is 15.2. The van der Waals surface area contributed by atoms with Crippen LogP contribution >= 0.6 is 11.8 Å². The molecule has 1 aliphatic heterocycles. The smallest absolute Gasteiger partial charge is 0.157 e. The number of amidine groups is 1. The van der Waals surface area contributed by atoms with Gasteiger partial charge in [-0.15, -0.1) is 0 Å². The summed E-state index contributed by atoms with van der Waals surface area (Å²) in [6.07, 6.45) is 1.19. The Morgan fingerprint density at radius 3 is 2.81 bits per heavy atom. The molecule has 1 heterocycles. The molecule has 0 aliphatic carbocycles. The number of rotatable bonds is 6. The zero-order valence-corrected chi connectivity index (χ0v) is 14.0. The second-order valence-corrected chi connectivity index (χ2v) is 6.59. The SMILES string of the molecule is COc1ccc(CN=C2NC(CC(C)C)CS2)c(OC)c1. The lowest BCUT2D eigenvalue weighted by Gasteiger charge is -2.12. The Morgan fingerprint density at radius 2 is 2.14 bits per heavy atom. The maximum atomic E-state index is 5.40. The topological polar surface area (TPSA) is 42.8 Å². The average Bonchev–Trinajstić information content (AvgIpc) is 2.91. The molecule has 1 aromatic carbocycles. The molecule has 1 atom stereocenters. The number of thioether (sulfide) groups is 1. The van der Waals surface area contributed by atoms with Gasteiger partial charge in [0.15, 0.2) is 5.17 Å². The summed E-state index contributed by atoms with van der Waals surface area (Å²) in [5.41, 5.74) is 1.07. The molecule has 21 heavy (non-hydrogen) atoms. The predicted octanol–water partition coefficient (Wildman–Crippen LogP) is 3.31. The minimum atomic E-state index is 0.548. The number of hydrogen-bond donors (Lipinski definition) is 1. The highest BCUT2D eigenvalue weighted by Gasteiger charge is 2.20. The standard InChI is InChI=1S/C16H24N2O2S/c1-11(2)7-13-10-21-16(18-13)17-9-12-5-6-14(19-3)8-15(12)20-4/h5-6,8,11,13H,7,9-10H2,1-4H3,(H,17,18). The van der Waals surface area contributed by atoms with E-state index in [1.165, 1.54) is 6.42 Å². The van der Waals surface area contributed by atoms with E-state index in [0.29, 0.717) is 18.5 Å². The monoisotopic (exact) mass is 308 g/mol. The van der Waals surface area contributed by atoms with Crippen LogP contribution in [0.1, 0.15) is 25.8 Å². The van der Waals surface area contributed by atoms with Crippen LogP contribution in [0.5, 0.6) is 11.5 Å². The van der Waals surface area contributed by atoms with Crippen LogP contribution in [0.2, 0.25) is 0 Å². The van der Waals surface area contributed by atoms with Gasteiger partial charge in [0.05, 0.1) is 20.8 Å². The van der Waals surface area contributed by atoms with Crippen molar-refractivity contribution in [1.82, 2.24) is 5.32 Å². The summed E-state index contributed by atoms with van der Waals surface area (Å²) in [4.78, 5) is 4.66. The van der Waals surface area contributed by atoms with E-state index in [1.54, 1.807) is 26.0 Å². The van der Waals surface area contributed by atoms with E-state index >= 15 is 0 Å². The minimum Gasteiger partial charge on any atom is -0.497 e. The largest absolute Gasteiger partial charge is 0.497 e. The van der Waals surface area contributed by atoms with Crippen LogP contribution in [0.4, 0.5) is 0 Å². The number of aliphatic imine (C=N–C) groups is 1. The molecule has 0 saturated carbocycles. The maximum absolute atomic E-state index is 5.40. The number of ether oxygens (including phenoxy) is 2. The first-order valence-corrected chi connectivity index (χ1v) is 8.25. The van der Waals surface area contributed by atoms with Crippen molar-refractivity contribution in [3.05, 3.63) is 23.8 Å². The van der Waals surface area contributed by atoms with Crippen LogP contribution in [-0.2, 0) is 6.54 Å². The van der Waals surface area contributed by atoms with E-state index in [9.17, 15) is 0 Å². The van der Waals surface area contributed by atoms with E-state index in [4.69, 9.17) is 9.47 Å². The van der Waals surface area contributed by atoms with Crippen molar-refractivity contribution in [2.45, 2.75) is 32.9 Å². The van der Waals surface area contributed by atoms with Crippen LogP contribution < -0.4 is 14.8 Å². The van der Waals surface area contributed by atoms with Gasteiger partial charge in [0.2, 0.25) is 0 Å². The molecule has 2 rings (SSSR count). The minimum absolute atomic E-state index is 0.548. The molecular formula is C16H24N2O2S. The molecule has 0 radical (unpaired) electrons. The van der Waals surface area contributed by atoms with E-state index in [0.717, 1.165) is 28.0 Å². The molecule has 0 bridgehead atoms. The molecule has 1 fully saturated rings. The van der Waals surface area contributed by atoms with Gasteiger partial charge in [-0.2, -0.15) is 0 Å². The fourth-order valence-electron chi connectivity index (χ4n) is 2.36. The lowest BCUT2D eigenvalue weighted by atomic mass is 10.1. The number of methoxy groups -OCH3 is 2. The maximum Gasteiger partial charge on any atom is 0.157 e. The quantitative estimate of drug-likeness (QED) is 0.875. The molecule has 1 saturated heterocycles. The number of hydrogen-bond acceptors (Lipinski definition) is 4. The third-order valence-electron chi connectivity index (χ3n) is 3.39. The van der Waals surface area contributed by atoms with Gasteiger partial charge in [0.25, 0.3) is 0 Å². The summed E-state index contributed by atoms with van der Waals surface area (Å²) in [5, 5.41) is 4.54. The Labute approximate surface area is 131 Å². The van der Waals surface area contributed by atoms with Crippen molar-refractivity contribution >= 4 is 16.9 Å². The van der Waals surface area contributed by atoms with Gasteiger partial charge in [0, 0.05) is 23.4 Å². The van der Waals surface area contributed by atoms with Crippen LogP contribution in [0, 0.1) is 5.92 Å². The Kier molecular flexibility index (Phi) is 5.79. The van der Waals surface area contributed by atoms with Crippen LogP contribution in [0.3, 0.4) is 0 Å². The fraction of sp³-hybridized carbons (Fsp3) is 0.562. The highest BCUT2D eigenvalue weighted by Crippen LogP contribution is 2.26. The third kappa shape index (κ3) is 4.56. The van der Waals surface area contributed by atoms with Crippen LogP contribution in [-0.4, -0.2) is 31.2 Å². The van der Waals surface area contributed by atoms with Crippen molar-refractivity contribution in [3.63, 3.8) is 0 Å². The molecule has 1 aromatic rings. The second kappa shape index (κ2) is 7.59. The van der Waals surface area contributed by atoms with Gasteiger partial charge in [0.1, 0.15) is 11.5 Å². The summed E-state index contributed by atoms with van der Waals surface area (Å²) in [6.45, 7) is 5.13. The van der Waals surface area contributed by atoms with Crippen LogP contribution in [0.15, 0.2) is 23.2 Å². The highest BCUT2D eigenvalue weighted by atomic mass is 32.2. The number of nitrogens with zero attached hydrogens (tertiary/aromatic N) is 1. The molecule has 0 amide bonds.